The Hall–Kier alpha value is -0.650. The van der Waals surface area contributed by atoms with Gasteiger partial charge < -0.3 is 10.1 Å². The van der Waals surface area contributed by atoms with Crippen molar-refractivity contribution in [2.75, 3.05) is 19.8 Å². The Kier molecular flexibility index (Phi) is 5.81. The molecule has 1 unspecified atom stereocenters. The second kappa shape index (κ2) is 7.38. The minimum absolute atomic E-state index is 0.433. The molecule has 4 nitrogen and oxygen atoms in total. The highest BCUT2D eigenvalue weighted by atomic mass is 79.9. The van der Waals surface area contributed by atoms with Crippen molar-refractivity contribution in [1.82, 2.24) is 15.1 Å². The predicted octanol–water partition coefficient (Wildman–Crippen LogP) is 3.01. The van der Waals surface area contributed by atoms with Gasteiger partial charge in [-0.15, -0.1) is 0 Å². The van der Waals surface area contributed by atoms with Crippen molar-refractivity contribution in [3.05, 3.63) is 21.4 Å². The van der Waals surface area contributed by atoms with E-state index in [-0.39, 0.29) is 0 Å². The fourth-order valence-electron chi connectivity index (χ4n) is 2.54. The zero-order chi connectivity index (χ0) is 14.5. The van der Waals surface area contributed by atoms with E-state index in [9.17, 15) is 0 Å². The molecule has 112 valence electrons. The monoisotopic (exact) mass is 341 g/mol. The van der Waals surface area contributed by atoms with E-state index < -0.39 is 0 Å². The quantitative estimate of drug-likeness (QED) is 0.894. The molecule has 1 atom stereocenters. The fraction of sp³-hybridized carbons (Fsp3) is 0.667. The third-order valence-electron chi connectivity index (χ3n) is 3.58. The maximum absolute atomic E-state index is 5.51. The minimum Gasteiger partial charge on any atom is -0.379 e. The van der Waals surface area contributed by atoms with Gasteiger partial charge in [0.2, 0.25) is 0 Å². The molecule has 2 rings (SSSR count). The van der Waals surface area contributed by atoms with Crippen LogP contribution in [0.2, 0.25) is 0 Å². The van der Waals surface area contributed by atoms with E-state index in [0.717, 1.165) is 49.3 Å². The SMILES string of the molecule is CCc1nn(CC)c(/C=C(/C)CC2COCCN2)c1Br. The summed E-state index contributed by atoms with van der Waals surface area (Å²) in [5, 5.41) is 8.13. The maximum atomic E-state index is 5.51. The summed E-state index contributed by atoms with van der Waals surface area (Å²) in [6, 6.07) is 0.433. The van der Waals surface area contributed by atoms with Gasteiger partial charge in [0.1, 0.15) is 0 Å². The lowest BCUT2D eigenvalue weighted by atomic mass is 10.1. The van der Waals surface area contributed by atoms with Crippen LogP contribution in [0.4, 0.5) is 0 Å². The molecule has 1 aromatic heterocycles. The lowest BCUT2D eigenvalue weighted by molar-refractivity contribution is 0.0771. The summed E-state index contributed by atoms with van der Waals surface area (Å²) in [4.78, 5) is 0. The molecule has 1 fully saturated rings. The summed E-state index contributed by atoms with van der Waals surface area (Å²) >= 11 is 3.69. The first kappa shape index (κ1) is 15.7. The molecule has 1 aromatic rings. The first-order valence-electron chi connectivity index (χ1n) is 7.39. The highest BCUT2D eigenvalue weighted by Crippen LogP contribution is 2.25. The number of morpholine rings is 1. The van der Waals surface area contributed by atoms with Crippen LogP contribution in [0.25, 0.3) is 6.08 Å². The average Bonchev–Trinajstić information content (AvgIpc) is 2.76. The molecular formula is C15H24BrN3O. The minimum atomic E-state index is 0.433. The van der Waals surface area contributed by atoms with E-state index in [1.165, 1.54) is 11.3 Å². The Morgan fingerprint density at radius 2 is 2.35 bits per heavy atom. The third kappa shape index (κ3) is 3.71. The van der Waals surface area contributed by atoms with Crippen molar-refractivity contribution in [1.29, 1.82) is 0 Å². The Balaban J connectivity index is 2.13. The van der Waals surface area contributed by atoms with Crippen LogP contribution in [-0.4, -0.2) is 35.6 Å². The number of nitrogens with one attached hydrogen (secondary N) is 1. The summed E-state index contributed by atoms with van der Waals surface area (Å²) in [6.45, 7) is 9.92. The Morgan fingerprint density at radius 3 is 2.95 bits per heavy atom. The zero-order valence-corrected chi connectivity index (χ0v) is 14.2. The van der Waals surface area contributed by atoms with Crippen molar-refractivity contribution in [3.8, 4) is 0 Å². The molecule has 20 heavy (non-hydrogen) atoms. The van der Waals surface area contributed by atoms with Crippen LogP contribution in [-0.2, 0) is 17.7 Å². The van der Waals surface area contributed by atoms with Gasteiger partial charge >= 0.3 is 0 Å². The van der Waals surface area contributed by atoms with Crippen LogP contribution in [0, 0.1) is 0 Å². The molecule has 0 aromatic carbocycles. The zero-order valence-electron chi connectivity index (χ0n) is 12.6. The molecule has 0 spiro atoms. The topological polar surface area (TPSA) is 39.1 Å². The Morgan fingerprint density at radius 1 is 1.55 bits per heavy atom. The summed E-state index contributed by atoms with van der Waals surface area (Å²) in [5.41, 5.74) is 3.66. The number of ether oxygens (including phenoxy) is 1. The number of halogens is 1. The van der Waals surface area contributed by atoms with E-state index >= 15 is 0 Å². The lowest BCUT2D eigenvalue weighted by Crippen LogP contribution is -2.41. The number of aromatic nitrogens is 2. The highest BCUT2D eigenvalue weighted by molar-refractivity contribution is 9.10. The average molecular weight is 342 g/mol. The normalized spacial score (nSPS) is 20.4. The molecule has 1 aliphatic heterocycles. The molecule has 0 radical (unpaired) electrons. The van der Waals surface area contributed by atoms with Gasteiger partial charge in [-0.1, -0.05) is 12.5 Å². The van der Waals surface area contributed by atoms with Gasteiger partial charge in [-0.05, 0) is 48.7 Å². The molecule has 1 N–H and O–H groups in total. The van der Waals surface area contributed by atoms with E-state index in [2.05, 4.69) is 57.9 Å². The van der Waals surface area contributed by atoms with E-state index in [4.69, 9.17) is 4.74 Å². The van der Waals surface area contributed by atoms with Crippen LogP contribution in [0.15, 0.2) is 10.0 Å². The molecule has 0 saturated carbocycles. The van der Waals surface area contributed by atoms with Gasteiger partial charge in [-0.25, -0.2) is 0 Å². The summed E-state index contributed by atoms with van der Waals surface area (Å²) in [7, 11) is 0. The van der Waals surface area contributed by atoms with Gasteiger partial charge in [0, 0.05) is 19.1 Å². The van der Waals surface area contributed by atoms with Gasteiger partial charge in [-0.2, -0.15) is 5.10 Å². The molecule has 0 aliphatic carbocycles. The number of hydrogen-bond donors (Lipinski definition) is 1. The van der Waals surface area contributed by atoms with Crippen molar-refractivity contribution < 1.29 is 4.74 Å². The largest absolute Gasteiger partial charge is 0.379 e. The van der Waals surface area contributed by atoms with Crippen molar-refractivity contribution in [3.63, 3.8) is 0 Å². The molecule has 2 heterocycles. The van der Waals surface area contributed by atoms with Crippen LogP contribution < -0.4 is 5.32 Å². The maximum Gasteiger partial charge on any atom is 0.0770 e. The molecular weight excluding hydrogens is 318 g/mol. The van der Waals surface area contributed by atoms with E-state index in [0.29, 0.717) is 6.04 Å². The summed E-state index contributed by atoms with van der Waals surface area (Å²) in [5.74, 6) is 0. The van der Waals surface area contributed by atoms with Gasteiger partial charge in [0.15, 0.2) is 0 Å². The van der Waals surface area contributed by atoms with Gasteiger partial charge in [0.25, 0.3) is 0 Å². The van der Waals surface area contributed by atoms with Crippen LogP contribution in [0.5, 0.6) is 0 Å². The second-order valence-electron chi connectivity index (χ2n) is 5.24. The van der Waals surface area contributed by atoms with Crippen molar-refractivity contribution in [2.45, 2.75) is 46.2 Å². The molecule has 0 bridgehead atoms. The molecule has 1 aliphatic rings. The van der Waals surface area contributed by atoms with Gasteiger partial charge in [-0.3, -0.25) is 4.68 Å². The van der Waals surface area contributed by atoms with E-state index in [1.807, 2.05) is 0 Å². The molecule has 0 amide bonds. The number of nitrogens with zero attached hydrogens (tertiary/aromatic N) is 2. The second-order valence-corrected chi connectivity index (χ2v) is 6.03. The number of hydrogen-bond acceptors (Lipinski definition) is 3. The Bertz CT molecular complexity index is 476. The predicted molar refractivity (Wildman–Crippen MR) is 85.9 cm³/mol. The smallest absolute Gasteiger partial charge is 0.0770 e. The molecule has 1 saturated heterocycles. The van der Waals surface area contributed by atoms with Crippen LogP contribution in [0.3, 0.4) is 0 Å². The lowest BCUT2D eigenvalue weighted by Gasteiger charge is -2.24. The van der Waals surface area contributed by atoms with Crippen molar-refractivity contribution in [2.24, 2.45) is 0 Å². The fourth-order valence-corrected chi connectivity index (χ4v) is 3.22. The van der Waals surface area contributed by atoms with Crippen molar-refractivity contribution >= 4 is 22.0 Å². The third-order valence-corrected chi connectivity index (χ3v) is 4.45. The number of rotatable bonds is 5. The first-order valence-corrected chi connectivity index (χ1v) is 8.18. The molecule has 5 heteroatoms. The number of aryl methyl sites for hydroxylation is 2. The highest BCUT2D eigenvalue weighted by Gasteiger charge is 2.15. The van der Waals surface area contributed by atoms with Gasteiger partial charge in [0.05, 0.1) is 29.1 Å². The summed E-state index contributed by atoms with van der Waals surface area (Å²) < 4.78 is 8.71. The van der Waals surface area contributed by atoms with Crippen LogP contribution in [0.1, 0.15) is 38.6 Å². The van der Waals surface area contributed by atoms with Crippen LogP contribution >= 0.6 is 15.9 Å². The standard InChI is InChI=1S/C15H24BrN3O/c1-4-13-15(16)14(19(5-2)18-13)9-11(3)8-12-10-20-7-6-17-12/h9,12,17H,4-8,10H2,1-3H3/b11-9-. The Labute approximate surface area is 129 Å². The summed E-state index contributed by atoms with van der Waals surface area (Å²) in [6.07, 6.45) is 4.21. The first-order chi connectivity index (χ1) is 9.65. The van der Waals surface area contributed by atoms with E-state index in [1.54, 1.807) is 0 Å².